The third-order valence-electron chi connectivity index (χ3n) is 5.37. The first-order valence-electron chi connectivity index (χ1n) is 10.00. The Kier molecular flexibility index (Phi) is 6.08. The summed E-state index contributed by atoms with van der Waals surface area (Å²) in [6, 6.07) is 11.7. The lowest BCUT2D eigenvalue weighted by atomic mass is 10.1. The van der Waals surface area contributed by atoms with Gasteiger partial charge in [0.15, 0.2) is 5.79 Å². The zero-order chi connectivity index (χ0) is 20.1. The van der Waals surface area contributed by atoms with E-state index in [1.54, 1.807) is 31.6 Å². The molecule has 29 heavy (non-hydrogen) atoms. The minimum absolute atomic E-state index is 0.0321. The molecule has 3 heterocycles. The van der Waals surface area contributed by atoms with Crippen LogP contribution in [-0.4, -0.2) is 73.0 Å². The number of amides is 1. The van der Waals surface area contributed by atoms with Crippen molar-refractivity contribution in [1.82, 2.24) is 14.8 Å². The van der Waals surface area contributed by atoms with Crippen LogP contribution >= 0.6 is 0 Å². The molecule has 0 N–H and O–H groups in total. The lowest BCUT2D eigenvalue weighted by molar-refractivity contribution is -0.261. The molecule has 1 spiro atoms. The molecule has 1 aromatic heterocycles. The van der Waals surface area contributed by atoms with Gasteiger partial charge in [0.1, 0.15) is 5.75 Å². The lowest BCUT2D eigenvalue weighted by Gasteiger charge is -2.43. The molecule has 2 aliphatic heterocycles. The predicted octanol–water partition coefficient (Wildman–Crippen LogP) is 2.18. The number of aromatic nitrogens is 1. The molecule has 7 heteroatoms. The summed E-state index contributed by atoms with van der Waals surface area (Å²) in [5.74, 6) is 0.0268. The maximum absolute atomic E-state index is 12.9. The van der Waals surface area contributed by atoms with Crippen molar-refractivity contribution in [1.29, 1.82) is 0 Å². The maximum Gasteiger partial charge on any atom is 0.255 e. The third-order valence-corrected chi connectivity index (χ3v) is 5.37. The van der Waals surface area contributed by atoms with E-state index in [1.165, 1.54) is 5.56 Å². The summed E-state index contributed by atoms with van der Waals surface area (Å²) >= 11 is 0. The van der Waals surface area contributed by atoms with Gasteiger partial charge in [0, 0.05) is 32.0 Å². The first-order chi connectivity index (χ1) is 14.2. The number of morpholine rings is 1. The van der Waals surface area contributed by atoms with E-state index < -0.39 is 5.79 Å². The number of carbonyl (C=O) groups is 1. The summed E-state index contributed by atoms with van der Waals surface area (Å²) in [5.41, 5.74) is 1.80. The van der Waals surface area contributed by atoms with Crippen molar-refractivity contribution in [2.45, 2.75) is 18.8 Å². The van der Waals surface area contributed by atoms with Gasteiger partial charge in [0.2, 0.25) is 0 Å². The van der Waals surface area contributed by atoms with Crippen molar-refractivity contribution in [2.75, 3.05) is 46.5 Å². The van der Waals surface area contributed by atoms with Crippen molar-refractivity contribution in [3.05, 3.63) is 59.9 Å². The van der Waals surface area contributed by atoms with Crippen LogP contribution in [0, 0.1) is 0 Å². The van der Waals surface area contributed by atoms with Gasteiger partial charge in [-0.15, -0.1) is 0 Å². The Morgan fingerprint density at radius 1 is 1.14 bits per heavy atom. The van der Waals surface area contributed by atoms with Gasteiger partial charge in [-0.2, -0.15) is 0 Å². The summed E-state index contributed by atoms with van der Waals surface area (Å²) < 4.78 is 17.5. The molecule has 154 valence electrons. The first kappa shape index (κ1) is 19.8. The van der Waals surface area contributed by atoms with E-state index in [0.29, 0.717) is 38.4 Å². The molecule has 4 rings (SSSR count). The molecule has 2 aromatic rings. The molecular weight excluding hydrogens is 370 g/mol. The van der Waals surface area contributed by atoms with Gasteiger partial charge in [-0.1, -0.05) is 12.1 Å². The Morgan fingerprint density at radius 2 is 1.97 bits per heavy atom. The smallest absolute Gasteiger partial charge is 0.255 e. The number of nitrogens with zero attached hydrogens (tertiary/aromatic N) is 3. The number of methoxy groups -OCH3 is 1. The summed E-state index contributed by atoms with van der Waals surface area (Å²) in [6.07, 6.45) is 4.20. The van der Waals surface area contributed by atoms with Crippen LogP contribution < -0.4 is 4.74 Å². The van der Waals surface area contributed by atoms with E-state index >= 15 is 0 Å². The molecule has 1 aromatic carbocycles. The Hall–Kier alpha value is -2.48. The highest BCUT2D eigenvalue weighted by Crippen LogP contribution is 2.26. The maximum atomic E-state index is 12.9. The average Bonchev–Trinajstić information content (AvgIpc) is 2.96. The summed E-state index contributed by atoms with van der Waals surface area (Å²) in [5, 5.41) is 0. The minimum atomic E-state index is -0.793. The molecule has 2 fully saturated rings. The second-order valence-corrected chi connectivity index (χ2v) is 7.49. The lowest BCUT2D eigenvalue weighted by Crippen LogP contribution is -2.59. The number of pyridine rings is 1. The Morgan fingerprint density at radius 3 is 2.72 bits per heavy atom. The Bertz CT molecular complexity index is 815. The van der Waals surface area contributed by atoms with Crippen LogP contribution in [0.2, 0.25) is 0 Å². The first-order valence-corrected chi connectivity index (χ1v) is 10.00. The monoisotopic (exact) mass is 397 g/mol. The van der Waals surface area contributed by atoms with Crippen molar-refractivity contribution in [3.8, 4) is 5.75 Å². The largest absolute Gasteiger partial charge is 0.497 e. The van der Waals surface area contributed by atoms with Crippen LogP contribution in [0.15, 0.2) is 48.8 Å². The second-order valence-electron chi connectivity index (χ2n) is 7.49. The molecule has 2 saturated heterocycles. The quantitative estimate of drug-likeness (QED) is 0.788. The summed E-state index contributed by atoms with van der Waals surface area (Å²) in [7, 11) is 1.67. The van der Waals surface area contributed by atoms with Crippen LogP contribution in [0.1, 0.15) is 22.3 Å². The molecular formula is C22H27N3O4. The van der Waals surface area contributed by atoms with Crippen LogP contribution in [-0.2, 0) is 16.0 Å². The van der Waals surface area contributed by atoms with E-state index in [9.17, 15) is 4.79 Å². The highest BCUT2D eigenvalue weighted by Gasteiger charge is 2.42. The van der Waals surface area contributed by atoms with Crippen LogP contribution in [0.4, 0.5) is 0 Å². The van der Waals surface area contributed by atoms with E-state index in [1.807, 2.05) is 17.0 Å². The van der Waals surface area contributed by atoms with Gasteiger partial charge < -0.3 is 19.1 Å². The zero-order valence-corrected chi connectivity index (χ0v) is 16.8. The van der Waals surface area contributed by atoms with E-state index in [0.717, 1.165) is 25.3 Å². The van der Waals surface area contributed by atoms with Gasteiger partial charge in [-0.25, -0.2) is 0 Å². The third kappa shape index (κ3) is 4.75. The standard InChI is InChI=1S/C22H27N3O4/c1-27-20-7-5-18(6-8-20)15-24-10-3-12-28-22(16-24)17-25(11-13-29-22)21(26)19-4-2-9-23-14-19/h2,4-9,14H,3,10-13,15-17H2,1H3. The van der Waals surface area contributed by atoms with Crippen molar-refractivity contribution in [3.63, 3.8) is 0 Å². The Labute approximate surface area is 171 Å². The molecule has 0 saturated carbocycles. The number of rotatable bonds is 4. The van der Waals surface area contributed by atoms with Crippen molar-refractivity contribution < 1.29 is 19.0 Å². The van der Waals surface area contributed by atoms with Gasteiger partial charge >= 0.3 is 0 Å². The fraction of sp³-hybridized carbons (Fsp3) is 0.455. The molecule has 1 atom stereocenters. The molecule has 0 aliphatic carbocycles. The molecule has 0 radical (unpaired) electrons. The highest BCUT2D eigenvalue weighted by molar-refractivity contribution is 5.94. The number of hydrogen-bond donors (Lipinski definition) is 0. The highest BCUT2D eigenvalue weighted by atomic mass is 16.7. The van der Waals surface area contributed by atoms with Crippen LogP contribution in [0.3, 0.4) is 0 Å². The Balaban J connectivity index is 1.45. The van der Waals surface area contributed by atoms with Crippen LogP contribution in [0.25, 0.3) is 0 Å². The zero-order valence-electron chi connectivity index (χ0n) is 16.8. The van der Waals surface area contributed by atoms with Crippen molar-refractivity contribution >= 4 is 5.91 Å². The number of ether oxygens (including phenoxy) is 3. The van der Waals surface area contributed by atoms with E-state index in [4.69, 9.17) is 14.2 Å². The van der Waals surface area contributed by atoms with Gasteiger partial charge in [0.05, 0.1) is 39.0 Å². The number of benzene rings is 1. The number of carbonyl (C=O) groups excluding carboxylic acids is 1. The molecule has 0 bridgehead atoms. The fourth-order valence-electron chi connectivity index (χ4n) is 3.92. The van der Waals surface area contributed by atoms with E-state index in [2.05, 4.69) is 22.0 Å². The molecule has 7 nitrogen and oxygen atoms in total. The molecule has 1 unspecified atom stereocenters. The van der Waals surface area contributed by atoms with Crippen LogP contribution in [0.5, 0.6) is 5.75 Å². The van der Waals surface area contributed by atoms with Gasteiger partial charge in [0.25, 0.3) is 5.91 Å². The summed E-state index contributed by atoms with van der Waals surface area (Å²) in [4.78, 5) is 21.1. The molecule has 2 aliphatic rings. The molecule has 1 amide bonds. The average molecular weight is 397 g/mol. The minimum Gasteiger partial charge on any atom is -0.497 e. The normalized spacial score (nSPS) is 23.0. The van der Waals surface area contributed by atoms with E-state index in [-0.39, 0.29) is 5.91 Å². The second kappa shape index (κ2) is 8.90. The summed E-state index contributed by atoms with van der Waals surface area (Å²) in [6.45, 7) is 4.39. The SMILES string of the molecule is COc1ccc(CN2CCCOC3(C2)CN(C(=O)c2cccnc2)CCO3)cc1. The number of hydrogen-bond acceptors (Lipinski definition) is 6. The van der Waals surface area contributed by atoms with Crippen molar-refractivity contribution in [2.24, 2.45) is 0 Å². The van der Waals surface area contributed by atoms with Gasteiger partial charge in [-0.05, 0) is 36.2 Å². The predicted molar refractivity (Wildman–Crippen MR) is 108 cm³/mol. The topological polar surface area (TPSA) is 64.1 Å². The fourth-order valence-corrected chi connectivity index (χ4v) is 3.92. The van der Waals surface area contributed by atoms with Gasteiger partial charge in [-0.3, -0.25) is 14.7 Å².